The van der Waals surface area contributed by atoms with Crippen molar-refractivity contribution in [3.05, 3.63) is 11.7 Å². The molecule has 0 unspecified atom stereocenters. The van der Waals surface area contributed by atoms with Gasteiger partial charge in [-0.3, -0.25) is 4.90 Å². The summed E-state index contributed by atoms with van der Waals surface area (Å²) in [5.41, 5.74) is 0. The molecular weight excluding hydrogens is 268 g/mol. The van der Waals surface area contributed by atoms with Crippen LogP contribution in [0.4, 0.5) is 0 Å². The fourth-order valence-corrected chi connectivity index (χ4v) is 2.97. The van der Waals surface area contributed by atoms with Crippen molar-refractivity contribution in [3.8, 4) is 0 Å². The van der Waals surface area contributed by atoms with Crippen molar-refractivity contribution in [2.75, 3.05) is 33.2 Å². The molecule has 1 aromatic rings. The zero-order valence-electron chi connectivity index (χ0n) is 13.5. The number of piperidine rings is 1. The number of aliphatic hydroxyl groups excluding tert-OH is 1. The highest BCUT2D eigenvalue weighted by atomic mass is 16.5. The summed E-state index contributed by atoms with van der Waals surface area (Å²) in [6.45, 7) is 8.66. The number of β-amino-alcohol motifs (C(OH)–C–C–N with tert-alkyl or cyclic N) is 1. The van der Waals surface area contributed by atoms with E-state index in [2.05, 4.69) is 27.0 Å². The molecule has 6 heteroatoms. The fraction of sp³-hybridized carbons (Fsp3) is 0.867. The van der Waals surface area contributed by atoms with Crippen LogP contribution < -0.4 is 0 Å². The molecule has 0 aromatic carbocycles. The Bertz CT molecular complexity index is 414. The predicted octanol–water partition coefficient (Wildman–Crippen LogP) is 1.16. The first kappa shape index (κ1) is 16.4. The molecule has 1 aliphatic heterocycles. The van der Waals surface area contributed by atoms with E-state index in [4.69, 9.17) is 4.52 Å². The third kappa shape index (κ3) is 5.37. The van der Waals surface area contributed by atoms with Crippen LogP contribution in [-0.2, 0) is 13.0 Å². The molecule has 1 atom stereocenters. The lowest BCUT2D eigenvalue weighted by Crippen LogP contribution is -2.40. The average Bonchev–Trinajstić information content (AvgIpc) is 2.88. The molecule has 120 valence electrons. The van der Waals surface area contributed by atoms with Crippen LogP contribution in [0.15, 0.2) is 4.52 Å². The number of aliphatic hydroxyl groups is 1. The summed E-state index contributed by atoms with van der Waals surface area (Å²) in [5, 5.41) is 13.4. The highest BCUT2D eigenvalue weighted by Gasteiger charge is 2.21. The van der Waals surface area contributed by atoms with E-state index < -0.39 is 0 Å². The van der Waals surface area contributed by atoms with Crippen molar-refractivity contribution in [1.82, 2.24) is 19.9 Å². The van der Waals surface area contributed by atoms with Crippen LogP contribution in [0.25, 0.3) is 0 Å². The maximum Gasteiger partial charge on any atom is 0.226 e. The van der Waals surface area contributed by atoms with Gasteiger partial charge in [0.05, 0.1) is 12.6 Å². The van der Waals surface area contributed by atoms with Crippen LogP contribution in [0, 0.1) is 5.92 Å². The Labute approximate surface area is 127 Å². The van der Waals surface area contributed by atoms with Gasteiger partial charge in [-0.15, -0.1) is 0 Å². The Morgan fingerprint density at radius 2 is 2.14 bits per heavy atom. The van der Waals surface area contributed by atoms with E-state index in [1.165, 1.54) is 12.8 Å². The number of likely N-dealkylation sites (tertiary alicyclic amines) is 1. The zero-order valence-corrected chi connectivity index (χ0v) is 13.5. The standard InChI is InChI=1S/C15H28N4O2/c1-4-15-16-14(17-21-15)11-18(3)10-13-5-7-19(8-6-13)9-12(2)20/h12-13,20H,4-11H2,1-3H3/t12-/m0/s1. The molecule has 0 spiro atoms. The molecule has 1 aromatic heterocycles. The Morgan fingerprint density at radius 3 is 2.71 bits per heavy atom. The third-order valence-corrected chi connectivity index (χ3v) is 4.02. The molecule has 0 bridgehead atoms. The van der Waals surface area contributed by atoms with E-state index >= 15 is 0 Å². The number of rotatable bonds is 7. The minimum atomic E-state index is -0.227. The number of aromatic nitrogens is 2. The highest BCUT2D eigenvalue weighted by Crippen LogP contribution is 2.18. The summed E-state index contributed by atoms with van der Waals surface area (Å²) in [6.07, 6.45) is 2.96. The molecule has 1 aliphatic rings. The number of hydrogen-bond donors (Lipinski definition) is 1. The van der Waals surface area contributed by atoms with E-state index in [1.807, 2.05) is 13.8 Å². The summed E-state index contributed by atoms with van der Waals surface area (Å²) >= 11 is 0. The van der Waals surface area contributed by atoms with Gasteiger partial charge in [0.25, 0.3) is 0 Å². The molecule has 2 heterocycles. The van der Waals surface area contributed by atoms with E-state index in [0.29, 0.717) is 5.89 Å². The van der Waals surface area contributed by atoms with Gasteiger partial charge in [-0.05, 0) is 45.8 Å². The van der Waals surface area contributed by atoms with E-state index in [9.17, 15) is 5.11 Å². The van der Waals surface area contributed by atoms with Crippen molar-refractivity contribution >= 4 is 0 Å². The monoisotopic (exact) mass is 296 g/mol. The van der Waals surface area contributed by atoms with Crippen molar-refractivity contribution in [1.29, 1.82) is 0 Å². The second kappa shape index (κ2) is 7.87. The third-order valence-electron chi connectivity index (χ3n) is 4.02. The lowest BCUT2D eigenvalue weighted by atomic mass is 9.96. The topological polar surface area (TPSA) is 65.6 Å². The van der Waals surface area contributed by atoms with Gasteiger partial charge in [0.2, 0.25) is 5.89 Å². The Balaban J connectivity index is 1.70. The van der Waals surface area contributed by atoms with Gasteiger partial charge in [-0.25, -0.2) is 0 Å². The first-order valence-corrected chi connectivity index (χ1v) is 7.97. The number of hydrogen-bond acceptors (Lipinski definition) is 6. The Hall–Kier alpha value is -0.980. The van der Waals surface area contributed by atoms with Gasteiger partial charge in [-0.2, -0.15) is 4.98 Å². The summed E-state index contributed by atoms with van der Waals surface area (Å²) in [5.74, 6) is 2.21. The van der Waals surface area contributed by atoms with E-state index in [0.717, 1.165) is 50.9 Å². The lowest BCUT2D eigenvalue weighted by Gasteiger charge is -2.34. The first-order chi connectivity index (χ1) is 10.1. The molecule has 6 nitrogen and oxygen atoms in total. The Kier molecular flexibility index (Phi) is 6.14. The largest absolute Gasteiger partial charge is 0.392 e. The van der Waals surface area contributed by atoms with Crippen LogP contribution in [0.5, 0.6) is 0 Å². The molecule has 1 fully saturated rings. The number of aryl methyl sites for hydroxylation is 1. The molecular formula is C15H28N4O2. The van der Waals surface area contributed by atoms with Crippen molar-refractivity contribution in [2.45, 2.75) is 45.8 Å². The van der Waals surface area contributed by atoms with Crippen LogP contribution in [0.1, 0.15) is 38.4 Å². The SMILES string of the molecule is CCc1nc(CN(C)CC2CCN(C[C@H](C)O)CC2)no1. The summed E-state index contributed by atoms with van der Waals surface area (Å²) in [4.78, 5) is 8.98. The van der Waals surface area contributed by atoms with Crippen LogP contribution in [-0.4, -0.2) is 64.4 Å². The molecule has 1 N–H and O–H groups in total. The Morgan fingerprint density at radius 1 is 1.43 bits per heavy atom. The summed E-state index contributed by atoms with van der Waals surface area (Å²) in [7, 11) is 2.12. The first-order valence-electron chi connectivity index (χ1n) is 7.97. The second-order valence-electron chi connectivity index (χ2n) is 6.25. The van der Waals surface area contributed by atoms with Gasteiger partial charge in [0.1, 0.15) is 0 Å². The molecule has 21 heavy (non-hydrogen) atoms. The molecule has 1 saturated heterocycles. The summed E-state index contributed by atoms with van der Waals surface area (Å²) < 4.78 is 5.14. The van der Waals surface area contributed by atoms with E-state index in [-0.39, 0.29) is 6.10 Å². The van der Waals surface area contributed by atoms with Gasteiger partial charge >= 0.3 is 0 Å². The number of nitrogens with zero attached hydrogens (tertiary/aromatic N) is 4. The predicted molar refractivity (Wildman–Crippen MR) is 80.9 cm³/mol. The maximum atomic E-state index is 9.43. The smallest absolute Gasteiger partial charge is 0.226 e. The highest BCUT2D eigenvalue weighted by molar-refractivity contribution is 4.86. The van der Waals surface area contributed by atoms with Crippen LogP contribution in [0.3, 0.4) is 0 Å². The van der Waals surface area contributed by atoms with Crippen molar-refractivity contribution in [3.63, 3.8) is 0 Å². The van der Waals surface area contributed by atoms with Gasteiger partial charge < -0.3 is 14.5 Å². The minimum absolute atomic E-state index is 0.227. The van der Waals surface area contributed by atoms with Gasteiger partial charge in [0, 0.05) is 19.5 Å². The molecule has 0 saturated carbocycles. The summed E-state index contributed by atoms with van der Waals surface area (Å²) in [6, 6.07) is 0. The average molecular weight is 296 g/mol. The van der Waals surface area contributed by atoms with Crippen molar-refractivity contribution < 1.29 is 9.63 Å². The molecule has 2 rings (SSSR count). The zero-order chi connectivity index (χ0) is 15.2. The lowest BCUT2D eigenvalue weighted by molar-refractivity contribution is 0.0916. The van der Waals surface area contributed by atoms with Gasteiger partial charge in [0.15, 0.2) is 5.82 Å². The second-order valence-corrected chi connectivity index (χ2v) is 6.25. The molecule has 0 amide bonds. The van der Waals surface area contributed by atoms with Crippen LogP contribution in [0.2, 0.25) is 0 Å². The fourth-order valence-electron chi connectivity index (χ4n) is 2.97. The molecule has 0 aliphatic carbocycles. The van der Waals surface area contributed by atoms with Gasteiger partial charge in [-0.1, -0.05) is 12.1 Å². The quantitative estimate of drug-likeness (QED) is 0.814. The van der Waals surface area contributed by atoms with Crippen molar-refractivity contribution in [2.24, 2.45) is 5.92 Å². The normalized spacial score (nSPS) is 19.3. The van der Waals surface area contributed by atoms with Crippen LogP contribution >= 0.6 is 0 Å². The minimum Gasteiger partial charge on any atom is -0.392 e. The maximum absolute atomic E-state index is 9.43. The van der Waals surface area contributed by atoms with E-state index in [1.54, 1.807) is 0 Å². The molecule has 0 radical (unpaired) electrons.